The molecule has 2 heterocycles. The number of hydrogen-bond donors (Lipinski definition) is 1. The number of ether oxygens (including phenoxy) is 1. The van der Waals surface area contributed by atoms with Crippen LogP contribution in [0.25, 0.3) is 5.76 Å². The Labute approximate surface area is 170 Å². The van der Waals surface area contributed by atoms with Gasteiger partial charge >= 0.3 is 0 Å². The van der Waals surface area contributed by atoms with E-state index in [0.717, 1.165) is 6.54 Å². The Morgan fingerprint density at radius 2 is 2.00 bits per heavy atom. The minimum Gasteiger partial charge on any atom is -0.507 e. The van der Waals surface area contributed by atoms with Crippen molar-refractivity contribution in [2.24, 2.45) is 0 Å². The molecule has 1 atom stereocenters. The van der Waals surface area contributed by atoms with E-state index in [9.17, 15) is 14.7 Å². The molecule has 0 bridgehead atoms. The van der Waals surface area contributed by atoms with Gasteiger partial charge in [-0.2, -0.15) is 0 Å². The van der Waals surface area contributed by atoms with E-state index >= 15 is 0 Å². The van der Waals surface area contributed by atoms with Gasteiger partial charge in [0.15, 0.2) is 0 Å². The van der Waals surface area contributed by atoms with Gasteiger partial charge in [-0.25, -0.2) is 0 Å². The van der Waals surface area contributed by atoms with Gasteiger partial charge in [0.1, 0.15) is 29.1 Å². The average Bonchev–Trinajstić information content (AvgIpc) is 3.23. The Morgan fingerprint density at radius 3 is 2.62 bits per heavy atom. The van der Waals surface area contributed by atoms with Crippen LogP contribution in [0, 0.1) is 6.92 Å². The van der Waals surface area contributed by atoms with Gasteiger partial charge in [-0.1, -0.05) is 12.1 Å². The van der Waals surface area contributed by atoms with Crippen LogP contribution in [0.1, 0.15) is 29.5 Å². The molecular formula is C22H26N2O5. The Kier molecular flexibility index (Phi) is 6.08. The van der Waals surface area contributed by atoms with Crippen molar-refractivity contribution in [1.82, 2.24) is 9.80 Å². The predicted octanol–water partition coefficient (Wildman–Crippen LogP) is 2.97. The Hall–Kier alpha value is -3.06. The topological polar surface area (TPSA) is 83.2 Å². The third-order valence-electron chi connectivity index (χ3n) is 4.92. The number of nitrogens with zero attached hydrogens (tertiary/aromatic N) is 2. The fourth-order valence-corrected chi connectivity index (χ4v) is 3.49. The predicted molar refractivity (Wildman–Crippen MR) is 109 cm³/mol. The number of likely N-dealkylation sites (tertiary alicyclic amines) is 1. The highest BCUT2D eigenvalue weighted by Crippen LogP contribution is 2.40. The Morgan fingerprint density at radius 1 is 1.24 bits per heavy atom. The van der Waals surface area contributed by atoms with Gasteiger partial charge in [0, 0.05) is 12.1 Å². The maximum absolute atomic E-state index is 12.9. The molecule has 0 spiro atoms. The molecule has 1 aromatic heterocycles. The van der Waals surface area contributed by atoms with Crippen LogP contribution in [0.5, 0.6) is 5.75 Å². The molecule has 1 fully saturated rings. The van der Waals surface area contributed by atoms with E-state index in [2.05, 4.69) is 0 Å². The minimum atomic E-state index is -0.767. The first-order chi connectivity index (χ1) is 13.8. The summed E-state index contributed by atoms with van der Waals surface area (Å²) in [5, 5.41) is 11.0. The van der Waals surface area contributed by atoms with Crippen molar-refractivity contribution in [3.05, 3.63) is 59.1 Å². The van der Waals surface area contributed by atoms with E-state index in [1.54, 1.807) is 43.3 Å². The highest BCUT2D eigenvalue weighted by molar-refractivity contribution is 6.46. The lowest BCUT2D eigenvalue weighted by molar-refractivity contribution is -0.140. The van der Waals surface area contributed by atoms with Crippen molar-refractivity contribution in [2.75, 3.05) is 34.3 Å². The molecule has 7 nitrogen and oxygen atoms in total. The van der Waals surface area contributed by atoms with Gasteiger partial charge in [-0.15, -0.1) is 0 Å². The van der Waals surface area contributed by atoms with Gasteiger partial charge in [-0.05, 0) is 58.3 Å². The number of aliphatic hydroxyl groups is 1. The molecule has 1 aromatic carbocycles. The fourth-order valence-electron chi connectivity index (χ4n) is 3.49. The third kappa shape index (κ3) is 4.19. The Bertz CT molecular complexity index is 944. The molecule has 1 aliphatic heterocycles. The van der Waals surface area contributed by atoms with Crippen molar-refractivity contribution >= 4 is 17.4 Å². The molecule has 0 aliphatic carbocycles. The quantitative estimate of drug-likeness (QED) is 0.439. The van der Waals surface area contributed by atoms with Crippen LogP contribution in [0.3, 0.4) is 0 Å². The van der Waals surface area contributed by atoms with Gasteiger partial charge < -0.3 is 24.1 Å². The summed E-state index contributed by atoms with van der Waals surface area (Å²) in [5.74, 6) is 0.0776. The van der Waals surface area contributed by atoms with Gasteiger partial charge in [-0.3, -0.25) is 9.59 Å². The summed E-state index contributed by atoms with van der Waals surface area (Å²) in [7, 11) is 5.42. The summed E-state index contributed by atoms with van der Waals surface area (Å²) < 4.78 is 11.0. The number of aryl methyl sites for hydroxylation is 1. The van der Waals surface area contributed by atoms with E-state index in [-0.39, 0.29) is 11.3 Å². The van der Waals surface area contributed by atoms with Crippen LogP contribution >= 0.6 is 0 Å². The SMILES string of the molecule is COc1cccc(/C(O)=C2\C(=O)C(=O)N(CCCN(C)C)C2c2ccc(C)o2)c1. The number of furan rings is 1. The number of Topliss-reactive ketones (excluding diaryl/α,β-unsaturated/α-hetero) is 1. The molecule has 29 heavy (non-hydrogen) atoms. The van der Waals surface area contributed by atoms with Crippen molar-refractivity contribution in [3.8, 4) is 5.75 Å². The molecule has 2 aromatic rings. The molecule has 1 saturated heterocycles. The fraction of sp³-hybridized carbons (Fsp3) is 0.364. The molecular weight excluding hydrogens is 372 g/mol. The maximum atomic E-state index is 12.9. The molecule has 1 unspecified atom stereocenters. The summed E-state index contributed by atoms with van der Waals surface area (Å²) in [6.07, 6.45) is 0.690. The van der Waals surface area contributed by atoms with Crippen LogP contribution in [0.2, 0.25) is 0 Å². The van der Waals surface area contributed by atoms with Crippen molar-refractivity contribution in [3.63, 3.8) is 0 Å². The molecule has 0 radical (unpaired) electrons. The summed E-state index contributed by atoms with van der Waals surface area (Å²) >= 11 is 0. The third-order valence-corrected chi connectivity index (χ3v) is 4.92. The van der Waals surface area contributed by atoms with E-state index in [1.165, 1.54) is 12.0 Å². The molecule has 1 amide bonds. The zero-order valence-corrected chi connectivity index (χ0v) is 17.1. The summed E-state index contributed by atoms with van der Waals surface area (Å²) in [6.45, 7) is 2.94. The Balaban J connectivity index is 2.07. The lowest BCUT2D eigenvalue weighted by Gasteiger charge is -2.24. The van der Waals surface area contributed by atoms with E-state index in [1.807, 2.05) is 19.0 Å². The van der Waals surface area contributed by atoms with Crippen molar-refractivity contribution in [2.45, 2.75) is 19.4 Å². The average molecular weight is 398 g/mol. The second kappa shape index (κ2) is 8.53. The number of amides is 1. The molecule has 7 heteroatoms. The van der Waals surface area contributed by atoms with Crippen LogP contribution in [-0.4, -0.2) is 60.9 Å². The normalized spacial score (nSPS) is 18.7. The standard InChI is InChI=1S/C22H26N2O5/c1-14-9-10-17(29-14)19-18(20(25)15-7-5-8-16(13-15)28-4)21(26)22(27)24(19)12-6-11-23(2)3/h5,7-10,13,19,25H,6,11-12H2,1-4H3/b20-18+. The lowest BCUT2D eigenvalue weighted by Crippen LogP contribution is -2.32. The van der Waals surface area contributed by atoms with E-state index in [0.29, 0.717) is 35.8 Å². The highest BCUT2D eigenvalue weighted by Gasteiger charge is 2.47. The first kappa shape index (κ1) is 20.7. The van der Waals surface area contributed by atoms with Crippen molar-refractivity contribution < 1.29 is 23.8 Å². The number of benzene rings is 1. The minimum absolute atomic E-state index is 0.0301. The first-order valence-corrected chi connectivity index (χ1v) is 9.47. The number of methoxy groups -OCH3 is 1. The second-order valence-corrected chi connectivity index (χ2v) is 7.33. The zero-order valence-electron chi connectivity index (χ0n) is 17.1. The summed E-state index contributed by atoms with van der Waals surface area (Å²) in [6, 6.07) is 9.50. The number of hydrogen-bond acceptors (Lipinski definition) is 6. The number of aliphatic hydroxyl groups excluding tert-OH is 1. The lowest BCUT2D eigenvalue weighted by atomic mass is 9.99. The molecule has 1 aliphatic rings. The molecule has 154 valence electrons. The summed E-state index contributed by atoms with van der Waals surface area (Å²) in [4.78, 5) is 29.2. The number of ketones is 1. The largest absolute Gasteiger partial charge is 0.507 e. The van der Waals surface area contributed by atoms with Crippen molar-refractivity contribution in [1.29, 1.82) is 0 Å². The number of carbonyl (C=O) groups is 2. The van der Waals surface area contributed by atoms with Gasteiger partial charge in [0.2, 0.25) is 0 Å². The smallest absolute Gasteiger partial charge is 0.295 e. The molecule has 1 N–H and O–H groups in total. The first-order valence-electron chi connectivity index (χ1n) is 9.47. The molecule has 0 saturated carbocycles. The van der Waals surface area contributed by atoms with Crippen LogP contribution in [0.15, 0.2) is 46.4 Å². The van der Waals surface area contributed by atoms with Gasteiger partial charge in [0.25, 0.3) is 11.7 Å². The monoisotopic (exact) mass is 398 g/mol. The van der Waals surface area contributed by atoms with E-state index in [4.69, 9.17) is 9.15 Å². The second-order valence-electron chi connectivity index (χ2n) is 7.33. The summed E-state index contributed by atoms with van der Waals surface area (Å²) in [5.41, 5.74) is 0.436. The maximum Gasteiger partial charge on any atom is 0.295 e. The van der Waals surface area contributed by atoms with Crippen LogP contribution in [0.4, 0.5) is 0 Å². The van der Waals surface area contributed by atoms with Crippen LogP contribution in [-0.2, 0) is 9.59 Å². The zero-order chi connectivity index (χ0) is 21.1. The van der Waals surface area contributed by atoms with Gasteiger partial charge in [0.05, 0.1) is 12.7 Å². The highest BCUT2D eigenvalue weighted by atomic mass is 16.5. The number of carbonyl (C=O) groups excluding carboxylic acids is 2. The van der Waals surface area contributed by atoms with Crippen LogP contribution < -0.4 is 4.74 Å². The number of rotatable bonds is 7. The molecule has 3 rings (SSSR count). The van der Waals surface area contributed by atoms with E-state index < -0.39 is 17.7 Å².